The maximum Gasteiger partial charge on any atom is 0.158 e. The number of ether oxygens (including phenoxy) is 1. The molecule has 0 aliphatic rings. The van der Waals surface area contributed by atoms with Crippen LogP contribution in [0.3, 0.4) is 0 Å². The van der Waals surface area contributed by atoms with Crippen molar-refractivity contribution in [3.63, 3.8) is 0 Å². The van der Waals surface area contributed by atoms with Crippen LogP contribution in [0.5, 0.6) is 0 Å². The quantitative estimate of drug-likeness (QED) is 0.462. The zero-order valence-corrected chi connectivity index (χ0v) is 11.0. The Labute approximate surface area is 107 Å². The van der Waals surface area contributed by atoms with Crippen molar-refractivity contribution < 1.29 is 4.74 Å². The summed E-state index contributed by atoms with van der Waals surface area (Å²) in [6, 6.07) is 1.71. The average Bonchev–Trinajstić information content (AvgIpc) is 2.31. The number of hydrogen-bond donors (Lipinski definition) is 1. The fraction of sp³-hybridized carbons (Fsp3) is 0.500. The molecule has 1 rings (SSSR count). The molecule has 0 spiro atoms. The summed E-state index contributed by atoms with van der Waals surface area (Å²) < 4.78 is 5.25. The zero-order valence-electron chi connectivity index (χ0n) is 10.2. The van der Waals surface area contributed by atoms with Crippen LogP contribution < -0.4 is 5.32 Å². The molecule has 1 N–H and O–H groups in total. The Balaban J connectivity index is 2.55. The van der Waals surface area contributed by atoms with Gasteiger partial charge in [0.2, 0.25) is 0 Å². The van der Waals surface area contributed by atoms with Crippen molar-refractivity contribution in [2.75, 3.05) is 18.5 Å². The molecule has 4 nitrogen and oxygen atoms in total. The second-order valence-electron chi connectivity index (χ2n) is 3.41. The molecule has 17 heavy (non-hydrogen) atoms. The molecule has 0 aliphatic carbocycles. The topological polar surface area (TPSA) is 47.0 Å². The Morgan fingerprint density at radius 2 is 2.29 bits per heavy atom. The number of allylic oxidation sites excluding steroid dienone is 1. The molecule has 94 valence electrons. The van der Waals surface area contributed by atoms with Gasteiger partial charge in [0.25, 0.3) is 0 Å². The van der Waals surface area contributed by atoms with Gasteiger partial charge in [0.05, 0.1) is 0 Å². The van der Waals surface area contributed by atoms with Crippen molar-refractivity contribution >= 4 is 17.4 Å². The Morgan fingerprint density at radius 1 is 1.47 bits per heavy atom. The summed E-state index contributed by atoms with van der Waals surface area (Å²) in [5.74, 6) is 1.34. The highest BCUT2D eigenvalue weighted by molar-refractivity contribution is 6.29. The standard InChI is InChI=1S/C12H18ClN3O/c1-3-5-6-7-14-11-8-10(13)15-12(16-11)9-17-4-2/h3,5,8H,4,6-7,9H2,1-2H3,(H,14,15,16)/b5-3+. The summed E-state index contributed by atoms with van der Waals surface area (Å²) in [6.45, 7) is 5.79. The van der Waals surface area contributed by atoms with E-state index in [2.05, 4.69) is 21.4 Å². The van der Waals surface area contributed by atoms with Crippen molar-refractivity contribution in [1.82, 2.24) is 9.97 Å². The van der Waals surface area contributed by atoms with Gasteiger partial charge in [-0.2, -0.15) is 0 Å². The SMILES string of the molecule is C/C=C/CCNc1cc(Cl)nc(COCC)n1. The summed E-state index contributed by atoms with van der Waals surface area (Å²) in [7, 11) is 0. The highest BCUT2D eigenvalue weighted by Gasteiger charge is 2.02. The van der Waals surface area contributed by atoms with E-state index >= 15 is 0 Å². The van der Waals surface area contributed by atoms with Gasteiger partial charge in [0, 0.05) is 19.2 Å². The number of nitrogens with one attached hydrogen (secondary N) is 1. The molecule has 0 radical (unpaired) electrons. The number of hydrogen-bond acceptors (Lipinski definition) is 4. The molecule has 1 aromatic heterocycles. The number of anilines is 1. The lowest BCUT2D eigenvalue weighted by molar-refractivity contribution is 0.128. The van der Waals surface area contributed by atoms with Gasteiger partial charge in [-0.05, 0) is 20.3 Å². The Bertz CT molecular complexity index is 369. The first kappa shape index (κ1) is 13.9. The fourth-order valence-corrected chi connectivity index (χ4v) is 1.46. The van der Waals surface area contributed by atoms with Crippen molar-refractivity contribution in [2.24, 2.45) is 0 Å². The molecule has 0 atom stereocenters. The van der Waals surface area contributed by atoms with E-state index in [1.165, 1.54) is 0 Å². The molecule has 0 saturated heterocycles. The third kappa shape index (κ3) is 5.65. The molecular weight excluding hydrogens is 238 g/mol. The van der Waals surface area contributed by atoms with Crippen LogP contribution in [0.4, 0.5) is 5.82 Å². The lowest BCUT2D eigenvalue weighted by Gasteiger charge is -2.06. The molecule has 0 bridgehead atoms. The predicted molar refractivity (Wildman–Crippen MR) is 70.3 cm³/mol. The predicted octanol–water partition coefficient (Wildman–Crippen LogP) is 3.04. The third-order valence-electron chi connectivity index (χ3n) is 2.03. The smallest absolute Gasteiger partial charge is 0.158 e. The van der Waals surface area contributed by atoms with E-state index in [4.69, 9.17) is 16.3 Å². The van der Waals surface area contributed by atoms with Gasteiger partial charge in [-0.1, -0.05) is 23.8 Å². The first-order chi connectivity index (χ1) is 8.26. The van der Waals surface area contributed by atoms with Crippen molar-refractivity contribution in [2.45, 2.75) is 26.9 Å². The van der Waals surface area contributed by atoms with Gasteiger partial charge < -0.3 is 10.1 Å². The van der Waals surface area contributed by atoms with Crippen LogP contribution >= 0.6 is 11.6 Å². The average molecular weight is 256 g/mol. The summed E-state index contributed by atoms with van der Waals surface area (Å²) >= 11 is 5.91. The van der Waals surface area contributed by atoms with Crippen LogP contribution in [0.25, 0.3) is 0 Å². The van der Waals surface area contributed by atoms with Crippen LogP contribution in [0, 0.1) is 0 Å². The minimum absolute atomic E-state index is 0.389. The first-order valence-corrected chi connectivity index (χ1v) is 6.10. The number of rotatable bonds is 7. The summed E-state index contributed by atoms with van der Waals surface area (Å²) in [5, 5.41) is 3.63. The molecule has 0 aliphatic heterocycles. The van der Waals surface area contributed by atoms with Gasteiger partial charge in [0.15, 0.2) is 5.82 Å². The van der Waals surface area contributed by atoms with Crippen LogP contribution in [0.1, 0.15) is 26.1 Å². The van der Waals surface area contributed by atoms with Gasteiger partial charge in [-0.25, -0.2) is 9.97 Å². The molecule has 0 amide bonds. The van der Waals surface area contributed by atoms with Gasteiger partial charge in [-0.15, -0.1) is 0 Å². The van der Waals surface area contributed by atoms with Gasteiger partial charge >= 0.3 is 0 Å². The van der Waals surface area contributed by atoms with E-state index in [9.17, 15) is 0 Å². The molecule has 5 heteroatoms. The minimum atomic E-state index is 0.389. The number of nitrogens with zero attached hydrogens (tertiary/aromatic N) is 2. The molecule has 0 saturated carbocycles. The third-order valence-corrected chi connectivity index (χ3v) is 2.22. The van der Waals surface area contributed by atoms with Crippen LogP contribution in [0.2, 0.25) is 5.15 Å². The Hall–Kier alpha value is -1.13. The van der Waals surface area contributed by atoms with E-state index < -0.39 is 0 Å². The molecule has 1 aromatic rings. The largest absolute Gasteiger partial charge is 0.374 e. The first-order valence-electron chi connectivity index (χ1n) is 5.72. The number of aromatic nitrogens is 2. The van der Waals surface area contributed by atoms with E-state index in [0.717, 1.165) is 18.8 Å². The summed E-state index contributed by atoms with van der Waals surface area (Å²) in [6.07, 6.45) is 5.07. The van der Waals surface area contributed by atoms with Crippen LogP contribution in [-0.2, 0) is 11.3 Å². The van der Waals surface area contributed by atoms with Gasteiger partial charge in [0.1, 0.15) is 17.6 Å². The Kier molecular flexibility index (Phi) is 6.58. The van der Waals surface area contributed by atoms with E-state index in [0.29, 0.717) is 24.2 Å². The second-order valence-corrected chi connectivity index (χ2v) is 3.80. The van der Waals surface area contributed by atoms with Crippen molar-refractivity contribution in [1.29, 1.82) is 0 Å². The minimum Gasteiger partial charge on any atom is -0.374 e. The van der Waals surface area contributed by atoms with Crippen molar-refractivity contribution in [3.8, 4) is 0 Å². The zero-order chi connectivity index (χ0) is 12.5. The Morgan fingerprint density at radius 3 is 3.00 bits per heavy atom. The maximum atomic E-state index is 5.91. The molecule has 0 aromatic carbocycles. The lowest BCUT2D eigenvalue weighted by atomic mass is 10.4. The van der Waals surface area contributed by atoms with E-state index in [1.807, 2.05) is 19.9 Å². The second kappa shape index (κ2) is 8.03. The van der Waals surface area contributed by atoms with E-state index in [1.54, 1.807) is 6.07 Å². The van der Waals surface area contributed by atoms with Crippen LogP contribution in [0.15, 0.2) is 18.2 Å². The molecule has 1 heterocycles. The highest BCUT2D eigenvalue weighted by Crippen LogP contribution is 2.12. The normalized spacial score (nSPS) is 11.0. The molecule has 0 fully saturated rings. The van der Waals surface area contributed by atoms with E-state index in [-0.39, 0.29) is 0 Å². The van der Waals surface area contributed by atoms with Gasteiger partial charge in [-0.3, -0.25) is 0 Å². The van der Waals surface area contributed by atoms with Crippen molar-refractivity contribution in [3.05, 3.63) is 29.2 Å². The summed E-state index contributed by atoms with van der Waals surface area (Å²) in [4.78, 5) is 8.40. The number of halogens is 1. The maximum absolute atomic E-state index is 5.91. The monoisotopic (exact) mass is 255 g/mol. The molecule has 0 unspecified atom stereocenters. The lowest BCUT2D eigenvalue weighted by Crippen LogP contribution is -2.06. The van der Waals surface area contributed by atoms with Crippen LogP contribution in [-0.4, -0.2) is 23.1 Å². The molecular formula is C12H18ClN3O. The highest BCUT2D eigenvalue weighted by atomic mass is 35.5. The fourth-order valence-electron chi connectivity index (χ4n) is 1.26. The summed E-state index contributed by atoms with van der Waals surface area (Å²) in [5.41, 5.74) is 0.